The predicted molar refractivity (Wildman–Crippen MR) is 80.0 cm³/mol. The lowest BCUT2D eigenvalue weighted by Gasteiger charge is -2.21. The summed E-state index contributed by atoms with van der Waals surface area (Å²) in [6.07, 6.45) is -0.609. The van der Waals surface area contributed by atoms with Crippen LogP contribution in [0, 0.1) is 5.92 Å². The Morgan fingerprint density at radius 2 is 2.00 bits per heavy atom. The van der Waals surface area contributed by atoms with Gasteiger partial charge in [0.1, 0.15) is 6.04 Å². The van der Waals surface area contributed by atoms with E-state index >= 15 is 0 Å². The number of ether oxygens (including phenoxy) is 3. The average Bonchev–Trinajstić information content (AvgIpc) is 2.92. The molecule has 0 fully saturated rings. The Hall–Kier alpha value is -2.44. The third kappa shape index (κ3) is 3.81. The summed E-state index contributed by atoms with van der Waals surface area (Å²) in [7, 11) is 0. The summed E-state index contributed by atoms with van der Waals surface area (Å²) in [6.45, 7) is 5.81. The molecule has 7 heteroatoms. The summed E-state index contributed by atoms with van der Waals surface area (Å²) in [6, 6.07) is 4.43. The van der Waals surface area contributed by atoms with Gasteiger partial charge in [0.15, 0.2) is 11.5 Å². The maximum atomic E-state index is 12.3. The van der Waals surface area contributed by atoms with Gasteiger partial charge >= 0.3 is 6.09 Å². The van der Waals surface area contributed by atoms with Crippen molar-refractivity contribution in [3.8, 4) is 11.5 Å². The molecule has 1 aromatic carbocycles. The molecule has 2 N–H and O–H groups in total. The lowest BCUT2D eigenvalue weighted by molar-refractivity contribution is -0.119. The van der Waals surface area contributed by atoms with Crippen molar-refractivity contribution >= 4 is 17.7 Å². The number of fused-ring (bicyclic) bond motifs is 1. The Kier molecular flexibility index (Phi) is 5.08. The average molecular weight is 308 g/mol. The quantitative estimate of drug-likeness (QED) is 0.870. The number of hydrogen-bond acceptors (Lipinski definition) is 5. The minimum absolute atomic E-state index is 0.0848. The molecule has 120 valence electrons. The highest BCUT2D eigenvalue weighted by molar-refractivity contribution is 5.97. The van der Waals surface area contributed by atoms with Gasteiger partial charge in [-0.25, -0.2) is 4.79 Å². The van der Waals surface area contributed by atoms with Crippen molar-refractivity contribution in [1.29, 1.82) is 0 Å². The normalized spacial score (nSPS) is 13.6. The minimum atomic E-state index is -0.690. The van der Waals surface area contributed by atoms with E-state index in [-0.39, 0.29) is 25.2 Å². The van der Waals surface area contributed by atoms with Gasteiger partial charge in [-0.3, -0.25) is 4.79 Å². The molecule has 0 bridgehead atoms. The first kappa shape index (κ1) is 15.9. The van der Waals surface area contributed by atoms with Crippen LogP contribution in [0.3, 0.4) is 0 Å². The molecule has 2 rings (SSSR count). The van der Waals surface area contributed by atoms with E-state index in [9.17, 15) is 9.59 Å². The van der Waals surface area contributed by atoms with E-state index in [1.165, 1.54) is 0 Å². The number of rotatable bonds is 5. The second kappa shape index (κ2) is 7.02. The van der Waals surface area contributed by atoms with E-state index < -0.39 is 12.1 Å². The largest absolute Gasteiger partial charge is 0.454 e. The minimum Gasteiger partial charge on any atom is -0.454 e. The number of carbonyl (C=O) groups is 2. The molecular weight excluding hydrogens is 288 g/mol. The fourth-order valence-electron chi connectivity index (χ4n) is 2.03. The zero-order chi connectivity index (χ0) is 16.1. The van der Waals surface area contributed by atoms with Crippen molar-refractivity contribution in [3.63, 3.8) is 0 Å². The van der Waals surface area contributed by atoms with Crippen LogP contribution in [0.1, 0.15) is 20.8 Å². The zero-order valence-electron chi connectivity index (χ0n) is 12.8. The molecule has 0 saturated heterocycles. The Morgan fingerprint density at radius 1 is 1.27 bits per heavy atom. The third-order valence-electron chi connectivity index (χ3n) is 3.14. The van der Waals surface area contributed by atoms with Crippen LogP contribution in [-0.2, 0) is 9.53 Å². The maximum absolute atomic E-state index is 12.3. The van der Waals surface area contributed by atoms with Crippen LogP contribution < -0.4 is 20.1 Å². The van der Waals surface area contributed by atoms with Gasteiger partial charge in [0.05, 0.1) is 6.61 Å². The molecule has 0 radical (unpaired) electrons. The Labute approximate surface area is 128 Å². The van der Waals surface area contributed by atoms with E-state index in [0.29, 0.717) is 17.2 Å². The molecule has 22 heavy (non-hydrogen) atoms. The summed E-state index contributed by atoms with van der Waals surface area (Å²) in [5.74, 6) is 0.820. The van der Waals surface area contributed by atoms with Crippen LogP contribution in [0.5, 0.6) is 11.5 Å². The number of amides is 2. The molecule has 0 saturated carbocycles. The molecule has 7 nitrogen and oxygen atoms in total. The van der Waals surface area contributed by atoms with Gasteiger partial charge < -0.3 is 24.8 Å². The van der Waals surface area contributed by atoms with Gasteiger partial charge in [-0.15, -0.1) is 0 Å². The fraction of sp³-hybridized carbons (Fsp3) is 0.467. The predicted octanol–water partition coefficient (Wildman–Crippen LogP) is 2.12. The van der Waals surface area contributed by atoms with Gasteiger partial charge in [-0.2, -0.15) is 0 Å². The fourth-order valence-corrected chi connectivity index (χ4v) is 2.03. The SMILES string of the molecule is CCOC(=O)N[C@H](C(=O)Nc1ccc2c(c1)OCO2)C(C)C. The first-order valence-corrected chi connectivity index (χ1v) is 7.15. The number of nitrogens with one attached hydrogen (secondary N) is 2. The molecule has 0 spiro atoms. The van der Waals surface area contributed by atoms with E-state index in [4.69, 9.17) is 14.2 Å². The summed E-state index contributed by atoms with van der Waals surface area (Å²) >= 11 is 0. The molecule has 0 aromatic heterocycles. The Morgan fingerprint density at radius 3 is 2.68 bits per heavy atom. The monoisotopic (exact) mass is 308 g/mol. The van der Waals surface area contributed by atoms with Crippen LogP contribution in [0.15, 0.2) is 18.2 Å². The highest BCUT2D eigenvalue weighted by Crippen LogP contribution is 2.34. The summed E-state index contributed by atoms with van der Waals surface area (Å²) < 4.78 is 15.3. The molecule has 1 heterocycles. The summed E-state index contributed by atoms with van der Waals surface area (Å²) in [5, 5.41) is 5.32. The third-order valence-corrected chi connectivity index (χ3v) is 3.14. The van der Waals surface area contributed by atoms with E-state index in [1.807, 2.05) is 13.8 Å². The second-order valence-electron chi connectivity index (χ2n) is 5.14. The lowest BCUT2D eigenvalue weighted by atomic mass is 10.0. The molecule has 1 aromatic rings. The second-order valence-corrected chi connectivity index (χ2v) is 5.14. The molecule has 1 aliphatic rings. The van der Waals surface area contributed by atoms with Gasteiger partial charge in [-0.1, -0.05) is 13.8 Å². The standard InChI is InChI=1S/C15H20N2O5/c1-4-20-15(19)17-13(9(2)3)14(18)16-10-5-6-11-12(7-10)22-8-21-11/h5-7,9,13H,4,8H2,1-3H3,(H,16,18)(H,17,19)/t13-/m0/s1. The van der Waals surface area contributed by atoms with Crippen LogP contribution in [0.2, 0.25) is 0 Å². The van der Waals surface area contributed by atoms with Crippen molar-refractivity contribution < 1.29 is 23.8 Å². The van der Waals surface area contributed by atoms with E-state index in [2.05, 4.69) is 10.6 Å². The molecule has 1 atom stereocenters. The molecule has 1 aliphatic heterocycles. The first-order valence-electron chi connectivity index (χ1n) is 7.15. The van der Waals surface area contributed by atoms with Crippen LogP contribution in [0.25, 0.3) is 0 Å². The highest BCUT2D eigenvalue weighted by atomic mass is 16.7. The summed E-state index contributed by atoms with van der Waals surface area (Å²) in [5.41, 5.74) is 0.575. The molecule has 0 aliphatic carbocycles. The van der Waals surface area contributed by atoms with Gasteiger partial charge in [0.2, 0.25) is 12.7 Å². The van der Waals surface area contributed by atoms with Gasteiger partial charge in [0, 0.05) is 11.8 Å². The number of alkyl carbamates (subject to hydrolysis) is 1. The van der Waals surface area contributed by atoms with E-state index in [0.717, 1.165) is 0 Å². The molecule has 0 unspecified atom stereocenters. The maximum Gasteiger partial charge on any atom is 0.407 e. The van der Waals surface area contributed by atoms with Gasteiger partial charge in [-0.05, 0) is 25.0 Å². The van der Waals surface area contributed by atoms with Crippen molar-refractivity contribution in [3.05, 3.63) is 18.2 Å². The smallest absolute Gasteiger partial charge is 0.407 e. The number of benzene rings is 1. The number of hydrogen-bond donors (Lipinski definition) is 2. The summed E-state index contributed by atoms with van der Waals surface area (Å²) in [4.78, 5) is 23.9. The van der Waals surface area contributed by atoms with Crippen LogP contribution in [0.4, 0.5) is 10.5 Å². The number of anilines is 1. The molecule has 2 amide bonds. The first-order chi connectivity index (χ1) is 10.5. The van der Waals surface area contributed by atoms with Gasteiger partial charge in [0.25, 0.3) is 0 Å². The zero-order valence-corrected chi connectivity index (χ0v) is 12.8. The van der Waals surface area contributed by atoms with Crippen molar-refractivity contribution in [2.24, 2.45) is 5.92 Å². The van der Waals surface area contributed by atoms with Crippen LogP contribution in [-0.4, -0.2) is 31.4 Å². The lowest BCUT2D eigenvalue weighted by Crippen LogP contribution is -2.47. The van der Waals surface area contributed by atoms with Crippen LogP contribution >= 0.6 is 0 Å². The number of carbonyl (C=O) groups excluding carboxylic acids is 2. The van der Waals surface area contributed by atoms with Crippen molar-refractivity contribution in [2.75, 3.05) is 18.7 Å². The molecular formula is C15H20N2O5. The van der Waals surface area contributed by atoms with Crippen molar-refractivity contribution in [1.82, 2.24) is 5.32 Å². The highest BCUT2D eigenvalue weighted by Gasteiger charge is 2.25. The topological polar surface area (TPSA) is 85.9 Å². The Bertz CT molecular complexity index is 559. The van der Waals surface area contributed by atoms with Crippen molar-refractivity contribution in [2.45, 2.75) is 26.8 Å². The van der Waals surface area contributed by atoms with E-state index in [1.54, 1.807) is 25.1 Å². The Balaban J connectivity index is 2.03.